The molecule has 2 amide bonds. The molecule has 0 saturated carbocycles. The van der Waals surface area contributed by atoms with E-state index >= 15 is 0 Å². The molecule has 4 heteroatoms. The Morgan fingerprint density at radius 1 is 1.00 bits per heavy atom. The first kappa shape index (κ1) is 16.2. The highest BCUT2D eigenvalue weighted by atomic mass is 16.2. The smallest absolute Gasteiger partial charge is 0.220 e. The maximum Gasteiger partial charge on any atom is 0.220 e. The Hall–Kier alpha value is -1.84. The minimum absolute atomic E-state index is 0.0203. The van der Waals surface area contributed by atoms with Crippen LogP contribution in [0.3, 0.4) is 0 Å². The molecule has 0 aromatic heterocycles. The zero-order valence-electron chi connectivity index (χ0n) is 12.3. The van der Waals surface area contributed by atoms with Gasteiger partial charge in [0.05, 0.1) is 0 Å². The lowest BCUT2D eigenvalue weighted by Crippen LogP contribution is -2.35. The molecule has 0 bridgehead atoms. The summed E-state index contributed by atoms with van der Waals surface area (Å²) in [5.41, 5.74) is 1.16. The fraction of sp³-hybridized carbons (Fsp3) is 0.500. The summed E-state index contributed by atoms with van der Waals surface area (Å²) < 4.78 is 0. The van der Waals surface area contributed by atoms with E-state index in [1.807, 2.05) is 44.2 Å². The summed E-state index contributed by atoms with van der Waals surface area (Å²) >= 11 is 0. The highest BCUT2D eigenvalue weighted by Crippen LogP contribution is 2.01. The molecule has 1 aromatic rings. The largest absolute Gasteiger partial charge is 0.354 e. The van der Waals surface area contributed by atoms with Crippen molar-refractivity contribution in [1.29, 1.82) is 0 Å². The lowest BCUT2D eigenvalue weighted by atomic mass is 10.1. The third-order valence-electron chi connectivity index (χ3n) is 2.85. The molecule has 4 nitrogen and oxygen atoms in total. The van der Waals surface area contributed by atoms with Gasteiger partial charge in [0.2, 0.25) is 11.8 Å². The van der Waals surface area contributed by atoms with Gasteiger partial charge in [-0.1, -0.05) is 44.2 Å². The minimum Gasteiger partial charge on any atom is -0.354 e. The summed E-state index contributed by atoms with van der Waals surface area (Å²) in [6.07, 6.45) is 1.75. The van der Waals surface area contributed by atoms with Gasteiger partial charge < -0.3 is 10.6 Å². The summed E-state index contributed by atoms with van der Waals surface area (Å²) in [6, 6.07) is 9.93. The molecule has 0 heterocycles. The van der Waals surface area contributed by atoms with Gasteiger partial charge >= 0.3 is 0 Å². The first-order valence-corrected chi connectivity index (χ1v) is 7.15. The fourth-order valence-corrected chi connectivity index (χ4v) is 1.84. The van der Waals surface area contributed by atoms with E-state index in [1.54, 1.807) is 0 Å². The summed E-state index contributed by atoms with van der Waals surface area (Å²) in [5, 5.41) is 5.60. The molecule has 0 aliphatic carbocycles. The monoisotopic (exact) mass is 276 g/mol. The quantitative estimate of drug-likeness (QED) is 0.712. The minimum atomic E-state index is 0.0203. The molecular formula is C16H24N2O2. The number of carbonyl (C=O) groups is 2. The van der Waals surface area contributed by atoms with Gasteiger partial charge in [-0.05, 0) is 17.9 Å². The standard InChI is InChI=1S/C16H24N2O2/c1-13(2)12-16(20)18-11-10-17-15(19)9-8-14-6-4-3-5-7-14/h3-7,13H,8-12H2,1-2H3,(H,17,19)(H,18,20). The Bertz CT molecular complexity index is 416. The topological polar surface area (TPSA) is 58.2 Å². The van der Waals surface area contributed by atoms with Gasteiger partial charge in [0.1, 0.15) is 0 Å². The number of rotatable bonds is 8. The highest BCUT2D eigenvalue weighted by Gasteiger charge is 2.04. The van der Waals surface area contributed by atoms with Crippen molar-refractivity contribution in [1.82, 2.24) is 10.6 Å². The van der Waals surface area contributed by atoms with Crippen molar-refractivity contribution in [2.45, 2.75) is 33.1 Å². The Morgan fingerprint density at radius 3 is 2.20 bits per heavy atom. The predicted octanol–water partition coefficient (Wildman–Crippen LogP) is 1.90. The predicted molar refractivity (Wildman–Crippen MR) is 80.2 cm³/mol. The van der Waals surface area contributed by atoms with Crippen LogP contribution in [-0.4, -0.2) is 24.9 Å². The molecule has 0 aliphatic rings. The van der Waals surface area contributed by atoms with Crippen molar-refractivity contribution in [2.75, 3.05) is 13.1 Å². The molecule has 0 unspecified atom stereocenters. The second kappa shape index (κ2) is 9.13. The first-order chi connectivity index (χ1) is 9.58. The van der Waals surface area contributed by atoms with Crippen molar-refractivity contribution in [3.8, 4) is 0 Å². The Morgan fingerprint density at radius 2 is 1.60 bits per heavy atom. The van der Waals surface area contributed by atoms with Crippen molar-refractivity contribution in [2.24, 2.45) is 5.92 Å². The van der Waals surface area contributed by atoms with Gasteiger partial charge in [0, 0.05) is 25.9 Å². The highest BCUT2D eigenvalue weighted by molar-refractivity contribution is 5.77. The van der Waals surface area contributed by atoms with E-state index in [2.05, 4.69) is 10.6 Å². The maximum atomic E-state index is 11.6. The zero-order chi connectivity index (χ0) is 14.8. The number of amides is 2. The van der Waals surface area contributed by atoms with Gasteiger partial charge in [-0.25, -0.2) is 0 Å². The number of aryl methyl sites for hydroxylation is 1. The third-order valence-corrected chi connectivity index (χ3v) is 2.85. The third kappa shape index (κ3) is 7.56. The van der Waals surface area contributed by atoms with Crippen LogP contribution in [0.4, 0.5) is 0 Å². The van der Waals surface area contributed by atoms with E-state index in [4.69, 9.17) is 0 Å². The molecule has 1 aromatic carbocycles. The molecule has 2 N–H and O–H groups in total. The number of nitrogens with one attached hydrogen (secondary N) is 2. The fourth-order valence-electron chi connectivity index (χ4n) is 1.84. The normalized spacial score (nSPS) is 10.3. The van der Waals surface area contributed by atoms with Crippen LogP contribution in [0.2, 0.25) is 0 Å². The van der Waals surface area contributed by atoms with Crippen LogP contribution in [0.5, 0.6) is 0 Å². The number of carbonyl (C=O) groups excluding carboxylic acids is 2. The summed E-state index contributed by atoms with van der Waals surface area (Å²) in [4.78, 5) is 23.0. The van der Waals surface area contributed by atoms with Crippen molar-refractivity contribution in [3.63, 3.8) is 0 Å². The Kier molecular flexibility index (Phi) is 7.40. The van der Waals surface area contributed by atoms with E-state index in [1.165, 1.54) is 0 Å². The molecular weight excluding hydrogens is 252 g/mol. The Labute approximate surface area is 121 Å². The van der Waals surface area contributed by atoms with Crippen LogP contribution in [0.1, 0.15) is 32.3 Å². The summed E-state index contributed by atoms with van der Waals surface area (Å²) in [7, 11) is 0. The van der Waals surface area contributed by atoms with Gasteiger partial charge in [-0.15, -0.1) is 0 Å². The molecule has 110 valence electrons. The van der Waals surface area contributed by atoms with Crippen LogP contribution < -0.4 is 10.6 Å². The van der Waals surface area contributed by atoms with Crippen LogP contribution >= 0.6 is 0 Å². The van der Waals surface area contributed by atoms with E-state index in [0.717, 1.165) is 12.0 Å². The van der Waals surface area contributed by atoms with Gasteiger partial charge in [0.25, 0.3) is 0 Å². The molecule has 0 saturated heterocycles. The second-order valence-corrected chi connectivity index (χ2v) is 5.28. The van der Waals surface area contributed by atoms with Crippen molar-refractivity contribution in [3.05, 3.63) is 35.9 Å². The van der Waals surface area contributed by atoms with Gasteiger partial charge in [-0.3, -0.25) is 9.59 Å². The number of hydrogen-bond acceptors (Lipinski definition) is 2. The zero-order valence-corrected chi connectivity index (χ0v) is 12.3. The second-order valence-electron chi connectivity index (χ2n) is 5.28. The van der Waals surface area contributed by atoms with E-state index in [-0.39, 0.29) is 11.8 Å². The molecule has 20 heavy (non-hydrogen) atoms. The average molecular weight is 276 g/mol. The van der Waals surface area contributed by atoms with Crippen LogP contribution in [0, 0.1) is 5.92 Å². The lowest BCUT2D eigenvalue weighted by molar-refractivity contribution is -0.123. The van der Waals surface area contributed by atoms with Gasteiger partial charge in [0.15, 0.2) is 0 Å². The van der Waals surface area contributed by atoms with Crippen LogP contribution in [0.15, 0.2) is 30.3 Å². The summed E-state index contributed by atoms with van der Waals surface area (Å²) in [5.74, 6) is 0.418. The van der Waals surface area contributed by atoms with Gasteiger partial charge in [-0.2, -0.15) is 0 Å². The SMILES string of the molecule is CC(C)CC(=O)NCCNC(=O)CCc1ccccc1. The van der Waals surface area contributed by atoms with Crippen molar-refractivity contribution >= 4 is 11.8 Å². The van der Waals surface area contributed by atoms with Crippen LogP contribution in [0.25, 0.3) is 0 Å². The van der Waals surface area contributed by atoms with Crippen LogP contribution in [-0.2, 0) is 16.0 Å². The van der Waals surface area contributed by atoms with E-state index < -0.39 is 0 Å². The molecule has 0 fully saturated rings. The van der Waals surface area contributed by atoms with Crippen molar-refractivity contribution < 1.29 is 9.59 Å². The average Bonchev–Trinajstić information content (AvgIpc) is 2.42. The molecule has 0 aliphatic heterocycles. The maximum absolute atomic E-state index is 11.6. The Balaban J connectivity index is 2.07. The number of hydrogen-bond donors (Lipinski definition) is 2. The van der Waals surface area contributed by atoms with E-state index in [0.29, 0.717) is 31.8 Å². The number of benzene rings is 1. The van der Waals surface area contributed by atoms with E-state index in [9.17, 15) is 9.59 Å². The lowest BCUT2D eigenvalue weighted by Gasteiger charge is -2.08. The molecule has 0 spiro atoms. The molecule has 1 rings (SSSR count). The first-order valence-electron chi connectivity index (χ1n) is 7.15. The molecule has 0 atom stereocenters. The summed E-state index contributed by atoms with van der Waals surface area (Å²) in [6.45, 7) is 4.98. The molecule has 0 radical (unpaired) electrons.